The van der Waals surface area contributed by atoms with Gasteiger partial charge in [-0.25, -0.2) is 0 Å². The van der Waals surface area contributed by atoms with Crippen molar-refractivity contribution in [1.82, 2.24) is 0 Å². The molecule has 0 aliphatic carbocycles. The van der Waals surface area contributed by atoms with E-state index in [1.165, 1.54) is 5.56 Å². The maximum atomic E-state index is 9.38. The van der Waals surface area contributed by atoms with Gasteiger partial charge in [-0.05, 0) is 50.8 Å². The highest BCUT2D eigenvalue weighted by molar-refractivity contribution is 7.10. The lowest BCUT2D eigenvalue weighted by Gasteiger charge is -2.36. The maximum Gasteiger partial charge on any atom is 0.129 e. The van der Waals surface area contributed by atoms with Crippen LogP contribution in [-0.4, -0.2) is 17.3 Å². The lowest BCUT2D eigenvalue weighted by molar-refractivity contribution is 0.00730. The zero-order valence-electron chi connectivity index (χ0n) is 10.5. The van der Waals surface area contributed by atoms with Crippen molar-refractivity contribution in [2.75, 3.05) is 6.61 Å². The third kappa shape index (κ3) is 2.14. The molecule has 0 radical (unpaired) electrons. The van der Waals surface area contributed by atoms with Gasteiger partial charge in [-0.3, -0.25) is 0 Å². The van der Waals surface area contributed by atoms with Crippen LogP contribution in [-0.2, 0) is 6.42 Å². The first-order chi connectivity index (χ1) is 8.00. The van der Waals surface area contributed by atoms with Gasteiger partial charge in [-0.1, -0.05) is 0 Å². The van der Waals surface area contributed by atoms with Crippen LogP contribution >= 0.6 is 9.47 Å². The molecule has 2 unspecified atom stereocenters. The number of ether oxygens (including phenoxy) is 1. The molecule has 2 rings (SSSR count). The fraction of sp³-hybridized carbons (Fsp3) is 0.538. The monoisotopic (exact) mass is 254 g/mol. The van der Waals surface area contributed by atoms with Crippen LogP contribution in [0.25, 0.3) is 0 Å². The summed E-state index contributed by atoms with van der Waals surface area (Å²) in [6.07, 6.45) is 1.75. The standard InChI is InChI=1S/C13H19O3P/c1-8-6-11(16-17)9(2)10-4-5-13(3,7-14)15-12(8)10/h6,14H,4-5,7,17H2,1-3H3. The largest absolute Gasteiger partial charge is 0.485 e. The number of aliphatic hydroxyl groups is 1. The Balaban J connectivity index is 2.50. The molecular weight excluding hydrogens is 235 g/mol. The van der Waals surface area contributed by atoms with E-state index in [4.69, 9.17) is 9.26 Å². The topological polar surface area (TPSA) is 38.7 Å². The smallest absolute Gasteiger partial charge is 0.129 e. The summed E-state index contributed by atoms with van der Waals surface area (Å²) in [5.41, 5.74) is 2.93. The SMILES string of the molecule is Cc1cc(OP)c(C)c2c1OC(C)(CO)CC2. The van der Waals surface area contributed by atoms with Gasteiger partial charge < -0.3 is 14.4 Å². The van der Waals surface area contributed by atoms with Crippen LogP contribution in [0.1, 0.15) is 30.0 Å². The molecule has 1 aromatic carbocycles. The van der Waals surface area contributed by atoms with Crippen LogP contribution in [0.4, 0.5) is 0 Å². The van der Waals surface area contributed by atoms with Gasteiger partial charge in [-0.2, -0.15) is 0 Å². The van der Waals surface area contributed by atoms with Gasteiger partial charge in [0.15, 0.2) is 0 Å². The van der Waals surface area contributed by atoms with Crippen molar-refractivity contribution in [2.45, 2.75) is 39.2 Å². The first-order valence-electron chi connectivity index (χ1n) is 5.80. The number of aliphatic hydroxyl groups excluding tert-OH is 1. The Labute approximate surface area is 104 Å². The highest BCUT2D eigenvalue weighted by atomic mass is 31.0. The predicted molar refractivity (Wildman–Crippen MR) is 70.7 cm³/mol. The Bertz CT molecular complexity index is 445. The molecule has 1 aliphatic rings. The van der Waals surface area contributed by atoms with E-state index in [1.54, 1.807) is 0 Å². The Morgan fingerprint density at radius 1 is 1.53 bits per heavy atom. The summed E-state index contributed by atoms with van der Waals surface area (Å²) in [5, 5.41) is 9.38. The van der Waals surface area contributed by atoms with E-state index in [2.05, 4.69) is 9.47 Å². The summed E-state index contributed by atoms with van der Waals surface area (Å²) < 4.78 is 11.2. The summed E-state index contributed by atoms with van der Waals surface area (Å²) in [6.45, 7) is 6.05. The second kappa shape index (κ2) is 4.47. The van der Waals surface area contributed by atoms with Gasteiger partial charge in [-0.15, -0.1) is 0 Å². The van der Waals surface area contributed by atoms with Crippen LogP contribution in [0.3, 0.4) is 0 Å². The predicted octanol–water partition coefficient (Wildman–Crippen LogP) is 2.55. The molecule has 3 nitrogen and oxygen atoms in total. The number of hydrogen-bond acceptors (Lipinski definition) is 3. The molecule has 0 saturated carbocycles. The minimum atomic E-state index is -0.451. The second-order valence-electron chi connectivity index (χ2n) is 4.95. The van der Waals surface area contributed by atoms with E-state index in [-0.39, 0.29) is 6.61 Å². The third-order valence-corrected chi connectivity index (χ3v) is 3.77. The zero-order valence-corrected chi connectivity index (χ0v) is 11.7. The Morgan fingerprint density at radius 2 is 2.24 bits per heavy atom. The number of aryl methyl sites for hydroxylation is 1. The highest BCUT2D eigenvalue weighted by Crippen LogP contribution is 2.41. The molecule has 1 heterocycles. The molecule has 0 fully saturated rings. The molecule has 1 aliphatic heterocycles. The van der Waals surface area contributed by atoms with E-state index < -0.39 is 5.60 Å². The van der Waals surface area contributed by atoms with E-state index in [1.807, 2.05) is 26.8 Å². The molecule has 1 N–H and O–H groups in total. The van der Waals surface area contributed by atoms with Gasteiger partial charge in [0.1, 0.15) is 17.1 Å². The minimum Gasteiger partial charge on any atom is -0.485 e. The van der Waals surface area contributed by atoms with Crippen molar-refractivity contribution < 1.29 is 14.4 Å². The number of benzene rings is 1. The van der Waals surface area contributed by atoms with E-state index in [9.17, 15) is 5.11 Å². The Kier molecular flexibility index (Phi) is 3.33. The van der Waals surface area contributed by atoms with Crippen molar-refractivity contribution in [3.63, 3.8) is 0 Å². The van der Waals surface area contributed by atoms with Gasteiger partial charge in [0.2, 0.25) is 0 Å². The van der Waals surface area contributed by atoms with Gasteiger partial charge in [0.05, 0.1) is 16.1 Å². The molecule has 4 heteroatoms. The summed E-state index contributed by atoms with van der Waals surface area (Å²) >= 11 is 0. The summed E-state index contributed by atoms with van der Waals surface area (Å²) in [5.74, 6) is 1.79. The van der Waals surface area contributed by atoms with Crippen LogP contribution in [0.2, 0.25) is 0 Å². The molecule has 2 atom stereocenters. The first kappa shape index (κ1) is 12.7. The lowest BCUT2D eigenvalue weighted by atomic mass is 9.89. The van der Waals surface area contributed by atoms with E-state index >= 15 is 0 Å². The minimum absolute atomic E-state index is 0.0484. The molecule has 17 heavy (non-hydrogen) atoms. The molecule has 0 spiro atoms. The third-order valence-electron chi connectivity index (χ3n) is 3.52. The lowest BCUT2D eigenvalue weighted by Crippen LogP contribution is -2.40. The second-order valence-corrected chi connectivity index (χ2v) is 5.19. The molecule has 0 saturated heterocycles. The van der Waals surface area contributed by atoms with Crippen molar-refractivity contribution in [1.29, 1.82) is 0 Å². The summed E-state index contributed by atoms with van der Waals surface area (Å²) in [4.78, 5) is 0. The number of fused-ring (bicyclic) bond motifs is 1. The van der Waals surface area contributed by atoms with Crippen molar-refractivity contribution in [3.8, 4) is 11.5 Å². The fourth-order valence-corrected chi connectivity index (χ4v) is 2.54. The van der Waals surface area contributed by atoms with Crippen LogP contribution in [0.5, 0.6) is 11.5 Å². The quantitative estimate of drug-likeness (QED) is 0.824. The molecule has 0 aromatic heterocycles. The van der Waals surface area contributed by atoms with Gasteiger partial charge in [0.25, 0.3) is 0 Å². The molecular formula is C13H19O3P. The maximum absolute atomic E-state index is 9.38. The highest BCUT2D eigenvalue weighted by Gasteiger charge is 2.33. The fourth-order valence-electron chi connectivity index (χ4n) is 2.29. The normalized spacial score (nSPS) is 22.9. The van der Waals surface area contributed by atoms with Crippen LogP contribution in [0, 0.1) is 13.8 Å². The molecule has 0 bridgehead atoms. The van der Waals surface area contributed by atoms with Crippen LogP contribution in [0.15, 0.2) is 6.07 Å². The zero-order chi connectivity index (χ0) is 12.6. The average molecular weight is 254 g/mol. The Hall–Kier alpha value is -0.790. The van der Waals surface area contributed by atoms with E-state index in [0.29, 0.717) is 0 Å². The van der Waals surface area contributed by atoms with Gasteiger partial charge in [0, 0.05) is 5.56 Å². The molecule has 94 valence electrons. The van der Waals surface area contributed by atoms with Crippen LogP contribution < -0.4 is 9.26 Å². The summed E-state index contributed by atoms with van der Waals surface area (Å²) in [7, 11) is 2.28. The average Bonchev–Trinajstić information content (AvgIpc) is 2.33. The van der Waals surface area contributed by atoms with Crippen molar-refractivity contribution in [2.24, 2.45) is 0 Å². The first-order valence-corrected chi connectivity index (χ1v) is 6.27. The summed E-state index contributed by atoms with van der Waals surface area (Å²) in [6, 6.07) is 1.98. The number of rotatable bonds is 2. The van der Waals surface area contributed by atoms with E-state index in [0.717, 1.165) is 35.5 Å². The number of hydrogen-bond donors (Lipinski definition) is 1. The Morgan fingerprint density at radius 3 is 2.82 bits per heavy atom. The molecule has 0 amide bonds. The molecule has 1 aromatic rings. The van der Waals surface area contributed by atoms with Gasteiger partial charge >= 0.3 is 0 Å². The van der Waals surface area contributed by atoms with Crippen molar-refractivity contribution in [3.05, 3.63) is 22.8 Å². The van der Waals surface area contributed by atoms with Crippen molar-refractivity contribution >= 4 is 9.47 Å².